The lowest BCUT2D eigenvalue weighted by molar-refractivity contribution is 0.440. The van der Waals surface area contributed by atoms with Gasteiger partial charge in [-0.2, -0.15) is 0 Å². The van der Waals surface area contributed by atoms with E-state index in [0.717, 1.165) is 5.92 Å². The van der Waals surface area contributed by atoms with Crippen LogP contribution in [-0.2, 0) is 5.41 Å². The molecule has 0 spiro atoms. The summed E-state index contributed by atoms with van der Waals surface area (Å²) in [5, 5.41) is 3.64. The number of hydrogen-bond acceptors (Lipinski definition) is 2. The van der Waals surface area contributed by atoms with Gasteiger partial charge >= 0.3 is 0 Å². The van der Waals surface area contributed by atoms with Gasteiger partial charge in [0.2, 0.25) is 0 Å². The molecule has 0 amide bonds. The lowest BCUT2D eigenvalue weighted by atomic mass is 9.89. The van der Waals surface area contributed by atoms with Crippen molar-refractivity contribution in [1.82, 2.24) is 4.98 Å². The summed E-state index contributed by atoms with van der Waals surface area (Å²) in [4.78, 5) is 4.82. The van der Waals surface area contributed by atoms with Gasteiger partial charge in [0.15, 0.2) is 0 Å². The predicted molar refractivity (Wildman–Crippen MR) is 66.6 cm³/mol. The highest BCUT2D eigenvalue weighted by atomic mass is 32.1. The van der Waals surface area contributed by atoms with Crippen molar-refractivity contribution in [2.75, 3.05) is 0 Å². The molecule has 1 nitrogen and oxygen atoms in total. The molecule has 0 atom stereocenters. The van der Waals surface area contributed by atoms with Crippen LogP contribution < -0.4 is 0 Å². The predicted octanol–water partition coefficient (Wildman–Crippen LogP) is 4.49. The number of hydrogen-bond donors (Lipinski definition) is 0. The first-order valence-electron chi connectivity index (χ1n) is 6.03. The maximum absolute atomic E-state index is 4.82. The van der Waals surface area contributed by atoms with Crippen molar-refractivity contribution in [1.29, 1.82) is 0 Å². The van der Waals surface area contributed by atoms with Crippen molar-refractivity contribution in [3.05, 3.63) is 16.1 Å². The monoisotopic (exact) mass is 223 g/mol. The molecule has 0 radical (unpaired) electrons. The smallest absolute Gasteiger partial charge is 0.0959 e. The molecule has 2 rings (SSSR count). The van der Waals surface area contributed by atoms with Crippen molar-refractivity contribution in [2.45, 2.75) is 64.2 Å². The van der Waals surface area contributed by atoms with Crippen LogP contribution in [0.2, 0.25) is 0 Å². The molecule has 1 saturated carbocycles. The van der Waals surface area contributed by atoms with Crippen LogP contribution in [0.1, 0.15) is 69.5 Å². The summed E-state index contributed by atoms with van der Waals surface area (Å²) in [7, 11) is 0. The quantitative estimate of drug-likeness (QED) is 0.683. The van der Waals surface area contributed by atoms with E-state index in [1.807, 2.05) is 11.3 Å². The lowest BCUT2D eigenvalue weighted by Gasteiger charge is -2.19. The highest BCUT2D eigenvalue weighted by molar-refractivity contribution is 7.09. The summed E-state index contributed by atoms with van der Waals surface area (Å²) in [6.07, 6.45) is 6.94. The molecule has 1 aromatic rings. The Kier molecular flexibility index (Phi) is 3.15. The van der Waals surface area contributed by atoms with E-state index in [1.54, 1.807) is 0 Å². The van der Waals surface area contributed by atoms with Gasteiger partial charge in [-0.25, -0.2) is 4.98 Å². The molecule has 1 aliphatic rings. The van der Waals surface area contributed by atoms with Gasteiger partial charge in [0.25, 0.3) is 0 Å². The van der Waals surface area contributed by atoms with Gasteiger partial charge in [0.05, 0.1) is 10.7 Å². The molecule has 84 valence electrons. The molecule has 1 aliphatic carbocycles. The molecular weight excluding hydrogens is 202 g/mol. The summed E-state index contributed by atoms with van der Waals surface area (Å²) < 4.78 is 0. The van der Waals surface area contributed by atoms with Crippen LogP contribution in [0, 0.1) is 0 Å². The van der Waals surface area contributed by atoms with Gasteiger partial charge in [0, 0.05) is 16.7 Å². The minimum Gasteiger partial charge on any atom is -0.245 e. The van der Waals surface area contributed by atoms with Crippen LogP contribution in [0.15, 0.2) is 5.38 Å². The second kappa shape index (κ2) is 4.25. The Morgan fingerprint density at radius 3 is 2.40 bits per heavy atom. The maximum Gasteiger partial charge on any atom is 0.0959 e. The van der Waals surface area contributed by atoms with Gasteiger partial charge in [0.1, 0.15) is 0 Å². The van der Waals surface area contributed by atoms with Crippen molar-refractivity contribution in [2.24, 2.45) is 0 Å². The van der Waals surface area contributed by atoms with Crippen molar-refractivity contribution >= 4 is 11.3 Å². The first-order chi connectivity index (χ1) is 7.07. The van der Waals surface area contributed by atoms with E-state index >= 15 is 0 Å². The van der Waals surface area contributed by atoms with Crippen LogP contribution in [0.4, 0.5) is 0 Å². The third kappa shape index (κ3) is 2.60. The fourth-order valence-corrected chi connectivity index (χ4v) is 3.39. The summed E-state index contributed by atoms with van der Waals surface area (Å²) >= 11 is 1.87. The summed E-state index contributed by atoms with van der Waals surface area (Å²) in [6, 6.07) is 0. The number of nitrogens with zero attached hydrogens (tertiary/aromatic N) is 1. The van der Waals surface area contributed by atoms with Gasteiger partial charge in [-0.15, -0.1) is 11.3 Å². The van der Waals surface area contributed by atoms with Crippen molar-refractivity contribution < 1.29 is 0 Å². The summed E-state index contributed by atoms with van der Waals surface area (Å²) in [6.45, 7) is 6.73. The molecule has 1 fully saturated rings. The van der Waals surface area contributed by atoms with E-state index in [4.69, 9.17) is 4.98 Å². The largest absolute Gasteiger partial charge is 0.245 e. The normalized spacial score (nSPS) is 19.4. The van der Waals surface area contributed by atoms with E-state index in [-0.39, 0.29) is 5.41 Å². The Hall–Kier alpha value is -0.370. The number of thiazole rings is 1. The zero-order chi connectivity index (χ0) is 10.9. The van der Waals surface area contributed by atoms with E-state index in [0.29, 0.717) is 0 Å². The average Bonchev–Trinajstić information content (AvgIpc) is 2.67. The molecule has 1 aromatic heterocycles. The van der Waals surface area contributed by atoms with Crippen LogP contribution in [0.25, 0.3) is 0 Å². The van der Waals surface area contributed by atoms with E-state index in [1.165, 1.54) is 42.8 Å². The van der Waals surface area contributed by atoms with Crippen LogP contribution >= 0.6 is 11.3 Å². The average molecular weight is 223 g/mol. The van der Waals surface area contributed by atoms with E-state index < -0.39 is 0 Å². The summed E-state index contributed by atoms with van der Waals surface area (Å²) in [5.74, 6) is 0.764. The Balaban J connectivity index is 2.12. The number of aromatic nitrogens is 1. The van der Waals surface area contributed by atoms with Crippen LogP contribution in [-0.4, -0.2) is 4.98 Å². The molecule has 15 heavy (non-hydrogen) atoms. The molecule has 0 N–H and O–H groups in total. The second-order valence-corrected chi connectivity index (χ2v) is 6.55. The van der Waals surface area contributed by atoms with Gasteiger partial charge < -0.3 is 0 Å². The van der Waals surface area contributed by atoms with Crippen LogP contribution in [0.5, 0.6) is 0 Å². The number of rotatable bonds is 1. The molecule has 0 unspecified atom stereocenters. The second-order valence-electron chi connectivity index (χ2n) is 5.66. The minimum absolute atomic E-state index is 0.212. The fourth-order valence-electron chi connectivity index (χ4n) is 2.17. The Morgan fingerprint density at radius 2 is 1.87 bits per heavy atom. The SMILES string of the molecule is CC(C)(C)c1csc(C2CCCCC2)n1. The Labute approximate surface area is 96.9 Å². The molecular formula is C13H21NS. The third-order valence-electron chi connectivity index (χ3n) is 3.24. The molecule has 0 saturated heterocycles. The maximum atomic E-state index is 4.82. The lowest BCUT2D eigenvalue weighted by Crippen LogP contribution is -2.12. The highest BCUT2D eigenvalue weighted by Crippen LogP contribution is 2.35. The van der Waals surface area contributed by atoms with Crippen LogP contribution in [0.3, 0.4) is 0 Å². The molecule has 0 aliphatic heterocycles. The van der Waals surface area contributed by atoms with Crippen molar-refractivity contribution in [3.63, 3.8) is 0 Å². The van der Waals surface area contributed by atoms with E-state index in [9.17, 15) is 0 Å². The highest BCUT2D eigenvalue weighted by Gasteiger charge is 2.22. The van der Waals surface area contributed by atoms with Crippen molar-refractivity contribution in [3.8, 4) is 0 Å². The molecule has 2 heteroatoms. The standard InChI is InChI=1S/C13H21NS/c1-13(2,3)11-9-15-12(14-11)10-7-5-4-6-8-10/h9-10H,4-8H2,1-3H3. The van der Waals surface area contributed by atoms with Gasteiger partial charge in [-0.1, -0.05) is 40.0 Å². The minimum atomic E-state index is 0.212. The van der Waals surface area contributed by atoms with E-state index in [2.05, 4.69) is 26.2 Å². The molecule has 0 aromatic carbocycles. The zero-order valence-corrected chi connectivity index (χ0v) is 10.9. The fraction of sp³-hybridized carbons (Fsp3) is 0.769. The molecule has 0 bridgehead atoms. The topological polar surface area (TPSA) is 12.9 Å². The first kappa shape index (κ1) is 11.1. The van der Waals surface area contributed by atoms with Gasteiger partial charge in [-0.3, -0.25) is 0 Å². The Bertz CT molecular complexity index is 316. The first-order valence-corrected chi connectivity index (χ1v) is 6.91. The Morgan fingerprint density at radius 1 is 1.20 bits per heavy atom. The summed E-state index contributed by atoms with van der Waals surface area (Å²) in [5.41, 5.74) is 1.48. The van der Waals surface area contributed by atoms with Gasteiger partial charge in [-0.05, 0) is 12.8 Å². The molecule has 1 heterocycles. The zero-order valence-electron chi connectivity index (χ0n) is 10.0. The third-order valence-corrected chi connectivity index (χ3v) is 4.25.